The molecule has 25 heavy (non-hydrogen) atoms. The van der Waals surface area contributed by atoms with Gasteiger partial charge in [-0.1, -0.05) is 12.1 Å². The van der Waals surface area contributed by atoms with Crippen LogP contribution in [0.4, 0.5) is 4.79 Å². The summed E-state index contributed by atoms with van der Waals surface area (Å²) in [5, 5.41) is 2.94. The van der Waals surface area contributed by atoms with E-state index in [0.29, 0.717) is 18.7 Å². The highest BCUT2D eigenvalue weighted by Gasteiger charge is 2.23. The van der Waals surface area contributed by atoms with E-state index in [1.165, 1.54) is 0 Å². The smallest absolute Gasteiger partial charge is 0.317 e. The number of carbonyl (C=O) groups is 2. The Morgan fingerprint density at radius 1 is 1.32 bits per heavy atom. The van der Waals surface area contributed by atoms with Gasteiger partial charge in [-0.3, -0.25) is 4.79 Å². The Morgan fingerprint density at radius 3 is 2.60 bits per heavy atom. The minimum absolute atomic E-state index is 0.00418. The van der Waals surface area contributed by atoms with E-state index in [-0.39, 0.29) is 24.1 Å². The molecule has 2 rings (SSSR count). The number of urea groups is 1. The number of rotatable bonds is 5. The van der Waals surface area contributed by atoms with Crippen molar-refractivity contribution in [2.24, 2.45) is 0 Å². The van der Waals surface area contributed by atoms with Gasteiger partial charge in [0.25, 0.3) is 5.91 Å². The first kappa shape index (κ1) is 19.2. The van der Waals surface area contributed by atoms with Crippen molar-refractivity contribution in [3.05, 3.63) is 35.4 Å². The largest absolute Gasteiger partial charge is 0.380 e. The molecule has 0 spiro atoms. The van der Waals surface area contributed by atoms with Gasteiger partial charge >= 0.3 is 6.03 Å². The molecule has 1 heterocycles. The zero-order valence-corrected chi connectivity index (χ0v) is 15.6. The van der Waals surface area contributed by atoms with Crippen LogP contribution in [0.1, 0.15) is 42.6 Å². The van der Waals surface area contributed by atoms with Gasteiger partial charge in [0, 0.05) is 45.4 Å². The lowest BCUT2D eigenvalue weighted by molar-refractivity contribution is 0.0434. The second kappa shape index (κ2) is 8.85. The number of hydrogen-bond donors (Lipinski definition) is 1. The molecule has 6 nitrogen and oxygen atoms in total. The van der Waals surface area contributed by atoms with E-state index in [0.717, 1.165) is 24.9 Å². The number of likely N-dealkylation sites (tertiary alicyclic amines) is 1. The van der Waals surface area contributed by atoms with Crippen LogP contribution in [-0.4, -0.2) is 61.1 Å². The number of benzene rings is 1. The van der Waals surface area contributed by atoms with Crippen LogP contribution in [0.2, 0.25) is 0 Å². The Morgan fingerprint density at radius 2 is 2.00 bits per heavy atom. The molecule has 0 saturated carbocycles. The number of hydrogen-bond acceptors (Lipinski definition) is 3. The molecular formula is C19H29N3O3. The second-order valence-corrected chi connectivity index (χ2v) is 6.81. The van der Waals surface area contributed by atoms with Gasteiger partial charge < -0.3 is 19.9 Å². The molecule has 138 valence electrons. The minimum atomic E-state index is -0.0681. The van der Waals surface area contributed by atoms with Gasteiger partial charge in [0.15, 0.2) is 0 Å². The maximum absolute atomic E-state index is 12.3. The first-order chi connectivity index (χ1) is 11.9. The number of nitrogens with one attached hydrogen (secondary N) is 1. The van der Waals surface area contributed by atoms with Gasteiger partial charge in [0.05, 0.1) is 6.10 Å². The summed E-state index contributed by atoms with van der Waals surface area (Å²) in [4.78, 5) is 28.0. The molecule has 0 aliphatic carbocycles. The number of nitrogens with zero attached hydrogens (tertiary/aromatic N) is 2. The van der Waals surface area contributed by atoms with E-state index < -0.39 is 0 Å². The average Bonchev–Trinajstić information content (AvgIpc) is 2.65. The molecule has 6 heteroatoms. The van der Waals surface area contributed by atoms with Crippen LogP contribution in [0.3, 0.4) is 0 Å². The maximum atomic E-state index is 12.3. The SMILES string of the molecule is CO[C@@H]1CCCN(C(=O)NCc2ccc(C(=O)N(C)C(C)C)cc2)C1. The van der Waals surface area contributed by atoms with Crippen LogP contribution in [0, 0.1) is 0 Å². The van der Waals surface area contributed by atoms with Crippen LogP contribution in [0.25, 0.3) is 0 Å². The van der Waals surface area contributed by atoms with E-state index in [9.17, 15) is 9.59 Å². The van der Waals surface area contributed by atoms with Gasteiger partial charge in [0.2, 0.25) is 0 Å². The number of amides is 3. The van der Waals surface area contributed by atoms with Crippen molar-refractivity contribution < 1.29 is 14.3 Å². The fourth-order valence-electron chi connectivity index (χ4n) is 2.81. The molecule has 0 aromatic heterocycles. The zero-order chi connectivity index (χ0) is 18.4. The molecule has 3 amide bonds. The topological polar surface area (TPSA) is 61.9 Å². The van der Waals surface area contributed by atoms with E-state index >= 15 is 0 Å². The Kier molecular flexibility index (Phi) is 6.82. The summed E-state index contributed by atoms with van der Waals surface area (Å²) in [5.41, 5.74) is 1.63. The third-order valence-corrected chi connectivity index (χ3v) is 4.74. The molecule has 1 aromatic rings. The lowest BCUT2D eigenvalue weighted by atomic mass is 10.1. The minimum Gasteiger partial charge on any atom is -0.380 e. The van der Waals surface area contributed by atoms with Gasteiger partial charge in [-0.05, 0) is 44.4 Å². The highest BCUT2D eigenvalue weighted by molar-refractivity contribution is 5.94. The van der Waals surface area contributed by atoms with Gasteiger partial charge in [0.1, 0.15) is 0 Å². The fraction of sp³-hybridized carbons (Fsp3) is 0.579. The van der Waals surface area contributed by atoms with Crippen LogP contribution in [0.5, 0.6) is 0 Å². The Labute approximate surface area is 150 Å². The summed E-state index contributed by atoms with van der Waals surface area (Å²) in [6, 6.07) is 7.48. The van der Waals surface area contributed by atoms with Crippen molar-refractivity contribution in [1.29, 1.82) is 0 Å². The van der Waals surface area contributed by atoms with Crippen LogP contribution in [-0.2, 0) is 11.3 Å². The molecular weight excluding hydrogens is 318 g/mol. The molecule has 1 aliphatic heterocycles. The van der Waals surface area contributed by atoms with Crippen LogP contribution < -0.4 is 5.32 Å². The highest BCUT2D eigenvalue weighted by Crippen LogP contribution is 2.13. The molecule has 0 radical (unpaired) electrons. The van der Waals surface area contributed by atoms with E-state index in [4.69, 9.17) is 4.74 Å². The summed E-state index contributed by atoms with van der Waals surface area (Å²) in [6.07, 6.45) is 2.09. The number of ether oxygens (including phenoxy) is 1. The number of carbonyl (C=O) groups excluding carboxylic acids is 2. The number of methoxy groups -OCH3 is 1. The lowest BCUT2D eigenvalue weighted by Gasteiger charge is -2.31. The number of piperidine rings is 1. The van der Waals surface area contributed by atoms with Crippen LogP contribution in [0.15, 0.2) is 24.3 Å². The van der Waals surface area contributed by atoms with E-state index in [2.05, 4.69) is 5.32 Å². The third kappa shape index (κ3) is 5.19. The molecule has 1 aliphatic rings. The summed E-state index contributed by atoms with van der Waals surface area (Å²) >= 11 is 0. The van der Waals surface area contributed by atoms with Crippen molar-refractivity contribution in [2.75, 3.05) is 27.2 Å². The van der Waals surface area contributed by atoms with E-state index in [1.807, 2.05) is 38.1 Å². The quantitative estimate of drug-likeness (QED) is 0.890. The van der Waals surface area contributed by atoms with Gasteiger partial charge in [-0.15, -0.1) is 0 Å². The maximum Gasteiger partial charge on any atom is 0.317 e. The fourth-order valence-corrected chi connectivity index (χ4v) is 2.81. The van der Waals surface area contributed by atoms with Crippen LogP contribution >= 0.6 is 0 Å². The van der Waals surface area contributed by atoms with Gasteiger partial charge in [-0.25, -0.2) is 4.79 Å². The van der Waals surface area contributed by atoms with Crippen molar-refractivity contribution in [2.45, 2.75) is 45.4 Å². The second-order valence-electron chi connectivity index (χ2n) is 6.81. The molecule has 1 atom stereocenters. The highest BCUT2D eigenvalue weighted by atomic mass is 16.5. The summed E-state index contributed by atoms with van der Waals surface area (Å²) in [5.74, 6) is 0.00418. The molecule has 1 saturated heterocycles. The Hall–Kier alpha value is -2.08. The summed E-state index contributed by atoms with van der Waals surface area (Å²) in [6.45, 7) is 5.81. The first-order valence-electron chi connectivity index (χ1n) is 8.84. The van der Waals surface area contributed by atoms with Crippen molar-refractivity contribution in [1.82, 2.24) is 15.1 Å². The Balaban J connectivity index is 1.87. The summed E-state index contributed by atoms with van der Waals surface area (Å²) in [7, 11) is 3.48. The zero-order valence-electron chi connectivity index (χ0n) is 15.6. The first-order valence-corrected chi connectivity index (χ1v) is 8.84. The molecule has 0 bridgehead atoms. The molecule has 1 aromatic carbocycles. The third-order valence-electron chi connectivity index (χ3n) is 4.74. The average molecular weight is 347 g/mol. The molecule has 0 unspecified atom stereocenters. The predicted octanol–water partition coefficient (Wildman–Crippen LogP) is 2.49. The molecule has 1 N–H and O–H groups in total. The molecule has 1 fully saturated rings. The van der Waals surface area contributed by atoms with Crippen molar-refractivity contribution in [3.8, 4) is 0 Å². The summed E-state index contributed by atoms with van der Waals surface area (Å²) < 4.78 is 5.35. The monoisotopic (exact) mass is 347 g/mol. The van der Waals surface area contributed by atoms with Crippen molar-refractivity contribution >= 4 is 11.9 Å². The normalized spacial score (nSPS) is 17.5. The van der Waals surface area contributed by atoms with Crippen molar-refractivity contribution in [3.63, 3.8) is 0 Å². The lowest BCUT2D eigenvalue weighted by Crippen LogP contribution is -2.47. The van der Waals surface area contributed by atoms with E-state index in [1.54, 1.807) is 24.0 Å². The standard InChI is InChI=1S/C19H29N3O3/c1-14(2)21(3)18(23)16-9-7-15(8-10-16)12-20-19(24)22-11-5-6-17(13-22)25-4/h7-10,14,17H,5-6,11-13H2,1-4H3,(H,20,24)/t17-/m1/s1. The Bertz CT molecular complexity index is 586. The predicted molar refractivity (Wildman–Crippen MR) is 97.5 cm³/mol. The van der Waals surface area contributed by atoms with Gasteiger partial charge in [-0.2, -0.15) is 0 Å².